The van der Waals surface area contributed by atoms with Crippen LogP contribution in [-0.2, 0) is 9.53 Å². The van der Waals surface area contributed by atoms with Gasteiger partial charge in [0.25, 0.3) is 0 Å². The van der Waals surface area contributed by atoms with Crippen molar-refractivity contribution in [1.82, 2.24) is 0 Å². The zero-order valence-corrected chi connectivity index (χ0v) is 10.5. The summed E-state index contributed by atoms with van der Waals surface area (Å²) in [5, 5.41) is 0. The van der Waals surface area contributed by atoms with Gasteiger partial charge in [0, 0.05) is 5.56 Å². The first-order valence-corrected chi connectivity index (χ1v) is 5.76. The second kappa shape index (κ2) is 6.81. The zero-order valence-electron chi connectivity index (χ0n) is 9.68. The molecule has 0 aliphatic rings. The Bertz CT molecular complexity index is 441. The molecule has 0 saturated carbocycles. The van der Waals surface area contributed by atoms with E-state index < -0.39 is 0 Å². The lowest BCUT2D eigenvalue weighted by Gasteiger charge is -2.00. The molecule has 3 nitrogen and oxygen atoms in total. The zero-order chi connectivity index (χ0) is 12.7. The van der Waals surface area contributed by atoms with Gasteiger partial charge in [-0.15, -0.1) is 0 Å². The van der Waals surface area contributed by atoms with E-state index in [2.05, 4.69) is 0 Å². The number of thiocarbonyl (C=S) groups is 1. The molecule has 0 fully saturated rings. The van der Waals surface area contributed by atoms with Crippen molar-refractivity contribution >= 4 is 29.3 Å². The number of carbonyl (C=O) groups is 1. The standard InChI is InChI=1S/C13H15NO2S/c1-2-16-12(15)8-4-6-10-5-3-7-11(9-10)13(14)17/h3-7,9H,2,8H2,1H3,(H2,14,17). The van der Waals surface area contributed by atoms with E-state index >= 15 is 0 Å². The van der Waals surface area contributed by atoms with Crippen molar-refractivity contribution in [3.05, 3.63) is 41.5 Å². The molecule has 4 heteroatoms. The third kappa shape index (κ3) is 4.78. The molecule has 90 valence electrons. The summed E-state index contributed by atoms with van der Waals surface area (Å²) in [5.74, 6) is -0.228. The van der Waals surface area contributed by atoms with E-state index in [9.17, 15) is 4.79 Å². The van der Waals surface area contributed by atoms with Crippen molar-refractivity contribution in [2.45, 2.75) is 13.3 Å². The molecule has 0 aliphatic heterocycles. The molecule has 0 bridgehead atoms. The van der Waals surface area contributed by atoms with Crippen molar-refractivity contribution in [1.29, 1.82) is 0 Å². The van der Waals surface area contributed by atoms with Crippen molar-refractivity contribution in [3.63, 3.8) is 0 Å². The minimum absolute atomic E-state index is 0.228. The van der Waals surface area contributed by atoms with Gasteiger partial charge in [-0.25, -0.2) is 0 Å². The van der Waals surface area contributed by atoms with E-state index in [1.54, 1.807) is 13.0 Å². The van der Waals surface area contributed by atoms with Crippen LogP contribution < -0.4 is 5.73 Å². The van der Waals surface area contributed by atoms with Crippen LogP contribution in [-0.4, -0.2) is 17.6 Å². The number of carbonyl (C=O) groups excluding carboxylic acids is 1. The highest BCUT2D eigenvalue weighted by atomic mass is 32.1. The molecule has 0 saturated heterocycles. The summed E-state index contributed by atoms with van der Waals surface area (Å²) >= 11 is 4.89. The normalized spacial score (nSPS) is 10.4. The van der Waals surface area contributed by atoms with Gasteiger partial charge in [0.05, 0.1) is 13.0 Å². The van der Waals surface area contributed by atoms with Crippen LogP contribution in [0.4, 0.5) is 0 Å². The highest BCUT2D eigenvalue weighted by Gasteiger charge is 1.98. The quantitative estimate of drug-likeness (QED) is 0.642. The average molecular weight is 249 g/mol. The molecule has 0 unspecified atom stereocenters. The maximum atomic E-state index is 11.1. The van der Waals surface area contributed by atoms with Gasteiger partial charge in [0.15, 0.2) is 0 Å². The van der Waals surface area contributed by atoms with E-state index in [4.69, 9.17) is 22.7 Å². The molecule has 0 aromatic heterocycles. The fraction of sp³-hybridized carbons (Fsp3) is 0.231. The van der Waals surface area contributed by atoms with Gasteiger partial charge in [-0.1, -0.05) is 42.6 Å². The van der Waals surface area contributed by atoms with Gasteiger partial charge in [-0.2, -0.15) is 0 Å². The van der Waals surface area contributed by atoms with Crippen LogP contribution in [0.3, 0.4) is 0 Å². The molecular weight excluding hydrogens is 234 g/mol. The summed E-state index contributed by atoms with van der Waals surface area (Å²) in [6.45, 7) is 2.19. The fourth-order valence-corrected chi connectivity index (χ4v) is 1.43. The molecule has 17 heavy (non-hydrogen) atoms. The van der Waals surface area contributed by atoms with E-state index in [1.807, 2.05) is 30.3 Å². The first-order chi connectivity index (χ1) is 8.13. The van der Waals surface area contributed by atoms with Gasteiger partial charge in [-0.3, -0.25) is 4.79 Å². The van der Waals surface area contributed by atoms with Crippen LogP contribution in [0.2, 0.25) is 0 Å². The lowest BCUT2D eigenvalue weighted by atomic mass is 10.1. The van der Waals surface area contributed by atoms with Gasteiger partial charge in [-0.05, 0) is 18.6 Å². The lowest BCUT2D eigenvalue weighted by molar-refractivity contribution is -0.142. The number of ether oxygens (including phenoxy) is 1. The van der Waals surface area contributed by atoms with Crippen LogP contribution in [0, 0.1) is 0 Å². The fourth-order valence-electron chi connectivity index (χ4n) is 1.31. The van der Waals surface area contributed by atoms with Gasteiger partial charge in [0.1, 0.15) is 4.99 Å². The number of esters is 1. The number of rotatable bonds is 5. The lowest BCUT2D eigenvalue weighted by Crippen LogP contribution is -2.08. The molecule has 2 N–H and O–H groups in total. The molecule has 0 spiro atoms. The summed E-state index contributed by atoms with van der Waals surface area (Å²) in [7, 11) is 0. The molecule has 0 radical (unpaired) electrons. The van der Waals surface area contributed by atoms with Gasteiger partial charge >= 0.3 is 5.97 Å². The summed E-state index contributed by atoms with van der Waals surface area (Å²) < 4.78 is 4.81. The Hall–Kier alpha value is -1.68. The Balaban J connectivity index is 2.62. The Morgan fingerprint density at radius 3 is 2.94 bits per heavy atom. The molecule has 0 amide bonds. The third-order valence-corrected chi connectivity index (χ3v) is 2.31. The minimum atomic E-state index is -0.228. The summed E-state index contributed by atoms with van der Waals surface area (Å²) in [5.41, 5.74) is 7.31. The van der Waals surface area contributed by atoms with Crippen molar-refractivity contribution in [2.24, 2.45) is 5.73 Å². The van der Waals surface area contributed by atoms with E-state index in [-0.39, 0.29) is 12.4 Å². The smallest absolute Gasteiger partial charge is 0.309 e. The number of hydrogen-bond acceptors (Lipinski definition) is 3. The molecular formula is C13H15NO2S. The van der Waals surface area contributed by atoms with E-state index in [1.165, 1.54) is 0 Å². The topological polar surface area (TPSA) is 52.3 Å². The summed E-state index contributed by atoms with van der Waals surface area (Å²) in [6, 6.07) is 7.52. The SMILES string of the molecule is CCOC(=O)CC=Cc1cccc(C(N)=S)c1. The Morgan fingerprint density at radius 2 is 2.29 bits per heavy atom. The number of hydrogen-bond donors (Lipinski definition) is 1. The maximum absolute atomic E-state index is 11.1. The molecule has 1 rings (SSSR count). The highest BCUT2D eigenvalue weighted by Crippen LogP contribution is 2.07. The van der Waals surface area contributed by atoms with Gasteiger partial charge < -0.3 is 10.5 Å². The van der Waals surface area contributed by atoms with Crippen LogP contribution in [0.15, 0.2) is 30.3 Å². The molecule has 1 aromatic rings. The third-order valence-electron chi connectivity index (χ3n) is 2.07. The Labute approximate surface area is 106 Å². The van der Waals surface area contributed by atoms with Gasteiger partial charge in [0.2, 0.25) is 0 Å². The number of nitrogens with two attached hydrogens (primary N) is 1. The van der Waals surface area contributed by atoms with Crippen LogP contribution >= 0.6 is 12.2 Å². The Kier molecular flexibility index (Phi) is 5.36. The second-order valence-corrected chi connectivity index (χ2v) is 3.84. The maximum Gasteiger partial charge on any atom is 0.309 e. The molecule has 0 heterocycles. The predicted octanol–water partition coefficient (Wildman–Crippen LogP) is 2.29. The largest absolute Gasteiger partial charge is 0.466 e. The molecule has 0 aliphatic carbocycles. The molecule has 0 atom stereocenters. The number of benzene rings is 1. The van der Waals surface area contributed by atoms with E-state index in [0.717, 1.165) is 11.1 Å². The van der Waals surface area contributed by atoms with Crippen molar-refractivity contribution < 1.29 is 9.53 Å². The Morgan fingerprint density at radius 1 is 1.53 bits per heavy atom. The first kappa shape index (κ1) is 13.4. The van der Waals surface area contributed by atoms with Crippen LogP contribution in [0.5, 0.6) is 0 Å². The first-order valence-electron chi connectivity index (χ1n) is 5.35. The van der Waals surface area contributed by atoms with Crippen LogP contribution in [0.25, 0.3) is 6.08 Å². The highest BCUT2D eigenvalue weighted by molar-refractivity contribution is 7.80. The molecule has 1 aromatic carbocycles. The van der Waals surface area contributed by atoms with E-state index in [0.29, 0.717) is 11.6 Å². The summed E-state index contributed by atoms with van der Waals surface area (Å²) in [6.07, 6.45) is 3.88. The average Bonchev–Trinajstić information content (AvgIpc) is 2.30. The summed E-state index contributed by atoms with van der Waals surface area (Å²) in [4.78, 5) is 11.5. The monoisotopic (exact) mass is 249 g/mol. The van der Waals surface area contributed by atoms with Crippen molar-refractivity contribution in [2.75, 3.05) is 6.61 Å². The minimum Gasteiger partial charge on any atom is -0.466 e. The second-order valence-electron chi connectivity index (χ2n) is 3.40. The predicted molar refractivity (Wildman–Crippen MR) is 72.6 cm³/mol. The van der Waals surface area contributed by atoms with Crippen LogP contribution in [0.1, 0.15) is 24.5 Å². The van der Waals surface area contributed by atoms with Crippen molar-refractivity contribution in [3.8, 4) is 0 Å².